The van der Waals surface area contributed by atoms with E-state index in [1.165, 1.54) is 0 Å². The van der Waals surface area contributed by atoms with Crippen LogP contribution in [-0.4, -0.2) is 335 Å². The van der Waals surface area contributed by atoms with Gasteiger partial charge in [0.05, 0.1) is 102 Å². The van der Waals surface area contributed by atoms with Gasteiger partial charge in [0.25, 0.3) is 0 Å². The third-order valence-electron chi connectivity index (χ3n) is 20.0. The number of hydrogen-bond acceptors (Lipinski definition) is 31. The fourth-order valence-corrected chi connectivity index (χ4v) is 16.2. The number of likely N-dealkylation sites (tertiary alicyclic amines) is 3. The number of rotatable bonds is 51. The zero-order valence-electron chi connectivity index (χ0n) is 63.3. The van der Waals surface area contributed by atoms with Crippen molar-refractivity contribution in [2.24, 2.45) is 17.8 Å². The largest absolute Gasteiger partial charge is 0.472 e. The van der Waals surface area contributed by atoms with Gasteiger partial charge < -0.3 is 123 Å². The summed E-state index contributed by atoms with van der Waals surface area (Å²) in [7, 11) is -13.6. The molecule has 0 aliphatic carbocycles. The summed E-state index contributed by atoms with van der Waals surface area (Å²) in [6.07, 6.45) is -8.39. The summed E-state index contributed by atoms with van der Waals surface area (Å²) in [5.74, 6) is -1.89. The van der Waals surface area contributed by atoms with Crippen molar-refractivity contribution >= 4 is 41.2 Å². The lowest BCUT2D eigenvalue weighted by atomic mass is 9.92. The van der Waals surface area contributed by atoms with Gasteiger partial charge in [-0.05, 0) is 117 Å². The van der Waals surface area contributed by atoms with Gasteiger partial charge in [0, 0.05) is 116 Å². The Kier molecular flexibility index (Phi) is 42.6. The van der Waals surface area contributed by atoms with Crippen LogP contribution in [0.2, 0.25) is 0 Å². The number of ether oxygens (including phenoxy) is 10. The van der Waals surface area contributed by atoms with E-state index in [0.29, 0.717) is 123 Å². The van der Waals surface area contributed by atoms with Crippen LogP contribution in [0, 0.1) is 17.8 Å². The lowest BCUT2D eigenvalue weighted by molar-refractivity contribution is -0.282. The normalized spacial score (nSPS) is 30.3. The molecular weight excluding hydrogens is 1500 g/mol. The number of phosphoric acid groups is 3. The summed E-state index contributed by atoms with van der Waals surface area (Å²) in [6.45, 7) is 8.84. The van der Waals surface area contributed by atoms with Gasteiger partial charge in [-0.3, -0.25) is 41.5 Å². The molecule has 6 aliphatic rings. The summed E-state index contributed by atoms with van der Waals surface area (Å²) in [5.41, 5.74) is -1.28. The first kappa shape index (κ1) is 94.8. The molecule has 9 unspecified atom stereocenters. The molecule has 6 heterocycles. The van der Waals surface area contributed by atoms with Gasteiger partial charge in [-0.1, -0.05) is 20.8 Å². The molecule has 3 amide bonds. The average molecular weight is 1620 g/mol. The molecule has 40 heteroatoms. The summed E-state index contributed by atoms with van der Waals surface area (Å²) in [5, 5.41) is 89.6. The van der Waals surface area contributed by atoms with Gasteiger partial charge in [0.15, 0.2) is 18.9 Å². The zero-order chi connectivity index (χ0) is 79.0. The second kappa shape index (κ2) is 48.5. The standard InChI is InChI=1S/C68H126N3O34P3/c1-46(2)95-45-68(43-90-31-14-38-98-107(86,87)104-51-21-27-70(28-22-51)57(76)17-7-10-34-93-66-48(4)60(79)63(82)54(41-73)101-66,44-91-32-15-39-99-108(88,89)105-52-23-29-71(30-24-52)58(77)18-8-11-35-94-67-49(5)61(80)64(83)55(42-74)102-67)96-36-12-13-37-97-106(84,85)103-50-19-25-69(26-20-50)56(75)16-6-9-33-92-65-47(3)59(78)62(81)53(40-72)100-65/h46-55,59-67,72-74,78-83H,6-45H2,1-5H3,(H,84,85)(H,86,87)(H,88,89)/t47?,48?,49?,53?,54?,55?,59-,60-,61-,62+,63+,64+,65-,66-,67-,68?/m1/s1. The number of hydrogen-bond donors (Lipinski definition) is 12. The second-order valence-corrected chi connectivity index (χ2v) is 33.3. The van der Waals surface area contributed by atoms with E-state index in [2.05, 4.69) is 0 Å². The topological polar surface area (TPSA) is 503 Å². The maximum absolute atomic E-state index is 13.1. The van der Waals surface area contributed by atoms with E-state index >= 15 is 0 Å². The Balaban J connectivity index is 0.899. The van der Waals surface area contributed by atoms with Crippen LogP contribution >= 0.6 is 23.5 Å². The molecule has 0 aromatic heterocycles. The highest BCUT2D eigenvalue weighted by molar-refractivity contribution is 7.48. The van der Waals surface area contributed by atoms with E-state index in [9.17, 15) is 88.7 Å². The van der Waals surface area contributed by atoms with E-state index in [0.717, 1.165) is 0 Å². The Hall–Kier alpha value is -2.02. The maximum Gasteiger partial charge on any atom is 0.472 e. The van der Waals surface area contributed by atoms with Crippen LogP contribution in [-0.2, 0) is 103 Å². The van der Waals surface area contributed by atoms with Crippen molar-refractivity contribution in [3.8, 4) is 0 Å². The molecule has 0 radical (unpaired) electrons. The quantitative estimate of drug-likeness (QED) is 0.0306. The van der Waals surface area contributed by atoms with E-state index in [1.54, 1.807) is 35.5 Å². The minimum absolute atomic E-state index is 0.0117. The van der Waals surface area contributed by atoms with E-state index < -0.39 is 159 Å². The molecule has 0 aromatic rings. The fourth-order valence-electron chi connectivity index (χ4n) is 13.2. The molecule has 108 heavy (non-hydrogen) atoms. The zero-order valence-corrected chi connectivity index (χ0v) is 66.0. The highest BCUT2D eigenvalue weighted by Gasteiger charge is 2.46. The van der Waals surface area contributed by atoms with Gasteiger partial charge >= 0.3 is 23.5 Å². The van der Waals surface area contributed by atoms with Gasteiger partial charge in [-0.2, -0.15) is 0 Å². The number of carbonyl (C=O) groups excluding carboxylic acids is 3. The number of aliphatic hydroxyl groups is 9. The van der Waals surface area contributed by atoms with Gasteiger partial charge in [-0.15, -0.1) is 0 Å². The lowest BCUT2D eigenvalue weighted by Gasteiger charge is -2.40. The van der Waals surface area contributed by atoms with Crippen molar-refractivity contribution in [3.63, 3.8) is 0 Å². The maximum atomic E-state index is 13.1. The van der Waals surface area contributed by atoms with Crippen LogP contribution in [0.5, 0.6) is 0 Å². The van der Waals surface area contributed by atoms with Crippen LogP contribution in [0.3, 0.4) is 0 Å². The molecule has 0 spiro atoms. The number of unbranched alkanes of at least 4 members (excludes halogenated alkanes) is 4. The minimum atomic E-state index is -4.55. The lowest BCUT2D eigenvalue weighted by Crippen LogP contribution is -2.55. The SMILES string of the molecule is CC(C)OCC(COCCCOP(=O)(O)OC1CCN(C(=O)CCCCO[C@@H]2OC(CO)[C@H](O)[C@H](O)C2C)CC1)(COCCCOP(=O)(O)OC1CCN(C(=O)CCCCO[C@@H]2OC(CO)[C@H](O)[C@H](O)C2C)CC1)OCCCCOP(=O)(O)OC1CCN(C(=O)CCCCO[C@@H]2OC(CO)[C@H](O)[C@H](O)C2C)CC1. The average Bonchev–Trinajstić information content (AvgIpc) is 0.829. The first-order chi connectivity index (χ1) is 51.4. The fraction of sp³-hybridized carbons (Fsp3) is 0.956. The van der Waals surface area contributed by atoms with Gasteiger partial charge in [0.1, 0.15) is 42.2 Å². The Morgan fingerprint density at radius 1 is 0.407 bits per heavy atom. The summed E-state index contributed by atoms with van der Waals surface area (Å²) in [4.78, 5) is 76.1. The first-order valence-electron chi connectivity index (χ1n) is 38.3. The third kappa shape index (κ3) is 32.6. The molecule has 6 aliphatic heterocycles. The summed E-state index contributed by atoms with van der Waals surface area (Å²) in [6, 6.07) is 0. The molecule has 0 aromatic carbocycles. The molecule has 18 atom stereocenters. The molecule has 0 bridgehead atoms. The molecule has 6 rings (SSSR count). The molecule has 12 N–H and O–H groups in total. The number of phosphoric ester groups is 3. The van der Waals surface area contributed by atoms with Crippen molar-refractivity contribution in [2.75, 3.05) is 138 Å². The Morgan fingerprint density at radius 3 is 0.991 bits per heavy atom. The van der Waals surface area contributed by atoms with Crippen LogP contribution < -0.4 is 0 Å². The Bertz CT molecular complexity index is 2430. The Labute approximate surface area is 633 Å². The minimum Gasteiger partial charge on any atom is -0.394 e. The summed E-state index contributed by atoms with van der Waals surface area (Å²) < 4.78 is 131. The van der Waals surface area contributed by atoms with Crippen molar-refractivity contribution < 1.29 is 163 Å². The molecular formula is C68H126N3O34P3. The highest BCUT2D eigenvalue weighted by atomic mass is 31.2. The van der Waals surface area contributed by atoms with Gasteiger partial charge in [0.2, 0.25) is 17.7 Å². The summed E-state index contributed by atoms with van der Waals surface area (Å²) >= 11 is 0. The predicted molar refractivity (Wildman–Crippen MR) is 379 cm³/mol. The van der Waals surface area contributed by atoms with Crippen molar-refractivity contribution in [1.82, 2.24) is 14.7 Å². The predicted octanol–water partition coefficient (Wildman–Crippen LogP) is 1.92. The molecule has 37 nitrogen and oxygen atoms in total. The van der Waals surface area contributed by atoms with Crippen molar-refractivity contribution in [2.45, 2.75) is 260 Å². The Morgan fingerprint density at radius 2 is 0.694 bits per heavy atom. The van der Waals surface area contributed by atoms with Gasteiger partial charge in [-0.25, -0.2) is 13.7 Å². The smallest absolute Gasteiger partial charge is 0.394 e. The molecule has 0 saturated carbocycles. The van der Waals surface area contributed by atoms with Crippen molar-refractivity contribution in [3.05, 3.63) is 0 Å². The van der Waals surface area contributed by atoms with Crippen LogP contribution in [0.25, 0.3) is 0 Å². The monoisotopic (exact) mass is 1620 g/mol. The van der Waals surface area contributed by atoms with Crippen LogP contribution in [0.4, 0.5) is 0 Å². The first-order valence-corrected chi connectivity index (χ1v) is 42.8. The molecule has 632 valence electrons. The number of amides is 3. The number of carbonyl (C=O) groups is 3. The van der Waals surface area contributed by atoms with E-state index in [1.807, 2.05) is 13.8 Å². The number of aliphatic hydroxyl groups excluding tert-OH is 9. The van der Waals surface area contributed by atoms with Crippen LogP contribution in [0.1, 0.15) is 157 Å². The molecule has 6 saturated heterocycles. The number of nitrogens with zero attached hydrogens (tertiary/aromatic N) is 3. The highest BCUT2D eigenvalue weighted by Crippen LogP contribution is 2.48. The van der Waals surface area contributed by atoms with E-state index in [4.69, 9.17) is 74.5 Å². The third-order valence-corrected chi connectivity index (χ3v) is 23.2. The van der Waals surface area contributed by atoms with E-state index in [-0.39, 0.29) is 142 Å². The molecule has 6 fully saturated rings. The number of piperidine rings is 3. The second-order valence-electron chi connectivity index (χ2n) is 29.1. The van der Waals surface area contributed by atoms with Crippen molar-refractivity contribution in [1.29, 1.82) is 0 Å². The van der Waals surface area contributed by atoms with Crippen LogP contribution in [0.15, 0.2) is 0 Å².